The van der Waals surface area contributed by atoms with Crippen LogP contribution in [0.3, 0.4) is 0 Å². The quantitative estimate of drug-likeness (QED) is 0.878. The van der Waals surface area contributed by atoms with Gasteiger partial charge in [0.05, 0.1) is 11.3 Å². The van der Waals surface area contributed by atoms with Crippen molar-refractivity contribution in [1.82, 2.24) is 10.3 Å². The summed E-state index contributed by atoms with van der Waals surface area (Å²) in [4.78, 5) is 16.4. The molecule has 0 aliphatic carbocycles. The Kier molecular flexibility index (Phi) is 4.92. The number of aromatic nitrogens is 1. The van der Waals surface area contributed by atoms with E-state index in [0.29, 0.717) is 18.0 Å². The minimum absolute atomic E-state index is 0.0760. The first-order valence-corrected chi connectivity index (χ1v) is 6.68. The summed E-state index contributed by atoms with van der Waals surface area (Å²) in [6.45, 7) is 11.2. The molecule has 0 aromatic carbocycles. The van der Waals surface area contributed by atoms with Crippen molar-refractivity contribution in [3.8, 4) is 0 Å². The molecule has 0 aliphatic heterocycles. The smallest absolute Gasteiger partial charge is 0.254 e. The highest BCUT2D eigenvalue weighted by atomic mass is 16.1. The maximum Gasteiger partial charge on any atom is 0.254 e. The number of hydrogen-bond acceptors (Lipinski definition) is 3. The van der Waals surface area contributed by atoms with Gasteiger partial charge >= 0.3 is 0 Å². The van der Waals surface area contributed by atoms with E-state index < -0.39 is 0 Å². The number of nitrogens with zero attached hydrogens (tertiary/aromatic N) is 1. The predicted molar refractivity (Wildman–Crippen MR) is 79.5 cm³/mol. The van der Waals surface area contributed by atoms with E-state index in [2.05, 4.69) is 43.3 Å². The first-order valence-electron chi connectivity index (χ1n) is 6.68. The molecule has 1 unspecified atom stereocenters. The zero-order valence-corrected chi connectivity index (χ0v) is 12.8. The van der Waals surface area contributed by atoms with Crippen molar-refractivity contribution >= 4 is 11.6 Å². The predicted octanol–water partition coefficient (Wildman–Crippen LogP) is 2.84. The van der Waals surface area contributed by atoms with Gasteiger partial charge in [0.15, 0.2) is 0 Å². The van der Waals surface area contributed by atoms with Gasteiger partial charge in [0.1, 0.15) is 0 Å². The van der Waals surface area contributed by atoms with E-state index in [-0.39, 0.29) is 11.3 Å². The van der Waals surface area contributed by atoms with Crippen molar-refractivity contribution in [1.29, 1.82) is 0 Å². The van der Waals surface area contributed by atoms with Gasteiger partial charge in [0.2, 0.25) is 0 Å². The average molecular weight is 263 g/mol. The molecule has 1 atom stereocenters. The SMILES string of the molecule is CNc1cc(C)ncc1C(=O)NCC(C)C(C)(C)C. The summed E-state index contributed by atoms with van der Waals surface area (Å²) in [5.74, 6) is 0.334. The van der Waals surface area contributed by atoms with Crippen LogP contribution in [-0.2, 0) is 0 Å². The van der Waals surface area contributed by atoms with Crippen molar-refractivity contribution in [2.24, 2.45) is 11.3 Å². The third-order valence-electron chi connectivity index (χ3n) is 3.60. The fourth-order valence-corrected chi connectivity index (χ4v) is 1.59. The number of carbonyl (C=O) groups is 1. The topological polar surface area (TPSA) is 54.0 Å². The molecule has 0 aliphatic rings. The molecule has 0 spiro atoms. The number of hydrogen-bond donors (Lipinski definition) is 2. The maximum absolute atomic E-state index is 12.2. The summed E-state index contributed by atoms with van der Waals surface area (Å²) >= 11 is 0. The highest BCUT2D eigenvalue weighted by molar-refractivity contribution is 5.99. The lowest BCUT2D eigenvalue weighted by Gasteiger charge is -2.27. The number of pyridine rings is 1. The van der Waals surface area contributed by atoms with Crippen LogP contribution in [0.4, 0.5) is 5.69 Å². The Morgan fingerprint density at radius 2 is 2.05 bits per heavy atom. The second kappa shape index (κ2) is 6.04. The molecule has 2 N–H and O–H groups in total. The van der Waals surface area contributed by atoms with Crippen LogP contribution in [0, 0.1) is 18.3 Å². The lowest BCUT2D eigenvalue weighted by Crippen LogP contribution is -2.34. The zero-order valence-electron chi connectivity index (χ0n) is 12.8. The Hall–Kier alpha value is -1.58. The van der Waals surface area contributed by atoms with Gasteiger partial charge < -0.3 is 10.6 Å². The van der Waals surface area contributed by atoms with E-state index in [4.69, 9.17) is 0 Å². The van der Waals surface area contributed by atoms with Crippen LogP contribution >= 0.6 is 0 Å². The molecule has 19 heavy (non-hydrogen) atoms. The van der Waals surface area contributed by atoms with Crippen LogP contribution in [0.5, 0.6) is 0 Å². The van der Waals surface area contributed by atoms with E-state index in [9.17, 15) is 4.79 Å². The molecule has 4 nitrogen and oxygen atoms in total. The van der Waals surface area contributed by atoms with Gasteiger partial charge in [-0.05, 0) is 24.3 Å². The normalized spacial score (nSPS) is 12.9. The molecule has 1 amide bonds. The lowest BCUT2D eigenvalue weighted by atomic mass is 9.82. The summed E-state index contributed by atoms with van der Waals surface area (Å²) < 4.78 is 0. The molecule has 4 heteroatoms. The number of aryl methyl sites for hydroxylation is 1. The molecule has 0 saturated carbocycles. The molecule has 0 bridgehead atoms. The fraction of sp³-hybridized carbons (Fsp3) is 0.600. The maximum atomic E-state index is 12.2. The van der Waals surface area contributed by atoms with E-state index in [0.717, 1.165) is 11.4 Å². The summed E-state index contributed by atoms with van der Waals surface area (Å²) in [5.41, 5.74) is 2.48. The number of anilines is 1. The molecule has 106 valence electrons. The van der Waals surface area contributed by atoms with E-state index in [1.165, 1.54) is 0 Å². The Balaban J connectivity index is 2.74. The highest BCUT2D eigenvalue weighted by Crippen LogP contribution is 2.24. The molecule has 1 rings (SSSR count). The van der Waals surface area contributed by atoms with Crippen molar-refractivity contribution in [3.05, 3.63) is 23.5 Å². The molecule has 0 fully saturated rings. The van der Waals surface area contributed by atoms with Crippen LogP contribution in [0.25, 0.3) is 0 Å². The first-order chi connectivity index (χ1) is 8.75. The van der Waals surface area contributed by atoms with E-state index in [1.54, 1.807) is 6.20 Å². The van der Waals surface area contributed by atoms with Gasteiger partial charge in [-0.2, -0.15) is 0 Å². The number of carbonyl (C=O) groups excluding carboxylic acids is 1. The second-order valence-electron chi connectivity index (χ2n) is 6.10. The van der Waals surface area contributed by atoms with Gasteiger partial charge in [-0.1, -0.05) is 27.7 Å². The van der Waals surface area contributed by atoms with Crippen molar-refractivity contribution in [2.75, 3.05) is 18.9 Å². The van der Waals surface area contributed by atoms with E-state index in [1.807, 2.05) is 20.0 Å². The summed E-state index contributed by atoms with van der Waals surface area (Å²) in [6.07, 6.45) is 1.62. The summed E-state index contributed by atoms with van der Waals surface area (Å²) in [7, 11) is 1.81. The number of rotatable bonds is 4. The minimum Gasteiger partial charge on any atom is -0.387 e. The molecule has 0 radical (unpaired) electrons. The van der Waals surface area contributed by atoms with Crippen LogP contribution in [0.15, 0.2) is 12.3 Å². The van der Waals surface area contributed by atoms with Crippen molar-refractivity contribution in [3.63, 3.8) is 0 Å². The van der Waals surface area contributed by atoms with E-state index >= 15 is 0 Å². The Morgan fingerprint density at radius 1 is 1.42 bits per heavy atom. The van der Waals surface area contributed by atoms with Crippen molar-refractivity contribution < 1.29 is 4.79 Å². The van der Waals surface area contributed by atoms with Crippen LogP contribution in [0.1, 0.15) is 43.7 Å². The Labute approximate surface area is 116 Å². The molecular formula is C15H25N3O. The summed E-state index contributed by atoms with van der Waals surface area (Å²) in [6, 6.07) is 1.88. The third-order valence-corrected chi connectivity index (χ3v) is 3.60. The summed E-state index contributed by atoms with van der Waals surface area (Å²) in [5, 5.41) is 6.01. The monoisotopic (exact) mass is 263 g/mol. The fourth-order valence-electron chi connectivity index (χ4n) is 1.59. The van der Waals surface area contributed by atoms with Gasteiger partial charge in [-0.3, -0.25) is 9.78 Å². The van der Waals surface area contributed by atoms with Crippen LogP contribution in [-0.4, -0.2) is 24.5 Å². The van der Waals surface area contributed by atoms with Gasteiger partial charge in [0.25, 0.3) is 5.91 Å². The molecular weight excluding hydrogens is 238 g/mol. The second-order valence-corrected chi connectivity index (χ2v) is 6.10. The molecule has 1 aromatic heterocycles. The number of amides is 1. The average Bonchev–Trinajstić information content (AvgIpc) is 2.33. The molecule has 0 saturated heterocycles. The minimum atomic E-state index is -0.0760. The van der Waals surface area contributed by atoms with Gasteiger partial charge in [0, 0.05) is 25.5 Å². The lowest BCUT2D eigenvalue weighted by molar-refractivity contribution is 0.0937. The Morgan fingerprint density at radius 3 is 2.58 bits per heavy atom. The number of nitrogens with one attached hydrogen (secondary N) is 2. The van der Waals surface area contributed by atoms with Crippen LogP contribution in [0.2, 0.25) is 0 Å². The van der Waals surface area contributed by atoms with Gasteiger partial charge in [-0.15, -0.1) is 0 Å². The molecule has 1 heterocycles. The molecule has 1 aromatic rings. The largest absolute Gasteiger partial charge is 0.387 e. The zero-order chi connectivity index (χ0) is 14.6. The van der Waals surface area contributed by atoms with Crippen LogP contribution < -0.4 is 10.6 Å². The highest BCUT2D eigenvalue weighted by Gasteiger charge is 2.21. The Bertz CT molecular complexity index is 449. The van der Waals surface area contributed by atoms with Gasteiger partial charge in [-0.25, -0.2) is 0 Å². The standard InChI is InChI=1S/C15H25N3O/c1-10(15(3,4)5)8-18-14(19)12-9-17-11(2)7-13(12)16-6/h7,9-10H,8H2,1-6H3,(H,16,17)(H,18,19). The first kappa shape index (κ1) is 15.5. The van der Waals surface area contributed by atoms with Crippen molar-refractivity contribution in [2.45, 2.75) is 34.6 Å². The third kappa shape index (κ3) is 4.23.